The molecule has 3 aromatic heterocycles. The third-order valence-electron chi connectivity index (χ3n) is 5.15. The fraction of sp³-hybridized carbons (Fsp3) is 0.0833. The number of anilines is 1. The Hall–Kier alpha value is -4.37. The number of aromatic nitrogens is 4. The topological polar surface area (TPSA) is 106 Å². The largest absolute Gasteiger partial charge is 0.457 e. The molecular weight excluding hydrogens is 425 g/mol. The van der Waals surface area contributed by atoms with Crippen LogP contribution < -0.4 is 5.32 Å². The minimum atomic E-state index is -0.369. The number of furan rings is 1. The van der Waals surface area contributed by atoms with Gasteiger partial charge in [0.05, 0.1) is 11.9 Å². The second-order valence-corrected chi connectivity index (χ2v) is 7.24. The Morgan fingerprint density at radius 3 is 2.55 bits per heavy atom. The third-order valence-corrected chi connectivity index (χ3v) is 5.15. The number of hydrogen-bond acceptors (Lipinski definition) is 6. The summed E-state index contributed by atoms with van der Waals surface area (Å²) in [6.07, 6.45) is 0.524. The number of hydrogen-bond donors (Lipinski definition) is 2. The molecule has 0 aliphatic rings. The average molecular weight is 443 g/mol. The highest BCUT2D eigenvalue weighted by molar-refractivity contribution is 6.01. The predicted octanol–water partition coefficient (Wildman–Crippen LogP) is 4.00. The van der Waals surface area contributed by atoms with E-state index in [-0.39, 0.29) is 24.8 Å². The van der Waals surface area contributed by atoms with Gasteiger partial charge < -0.3 is 14.8 Å². The number of carbonyl (C=O) groups is 1. The van der Waals surface area contributed by atoms with E-state index in [2.05, 4.69) is 15.4 Å². The highest BCUT2D eigenvalue weighted by atomic mass is 19.1. The fourth-order valence-electron chi connectivity index (χ4n) is 3.61. The van der Waals surface area contributed by atoms with Crippen molar-refractivity contribution < 1.29 is 18.7 Å². The Morgan fingerprint density at radius 2 is 1.82 bits per heavy atom. The number of amides is 1. The summed E-state index contributed by atoms with van der Waals surface area (Å²) < 4.78 is 21.7. The van der Waals surface area contributed by atoms with Crippen molar-refractivity contribution in [3.63, 3.8) is 0 Å². The highest BCUT2D eigenvalue weighted by Gasteiger charge is 2.23. The normalized spacial score (nSPS) is 11.1. The summed E-state index contributed by atoms with van der Waals surface area (Å²) in [7, 11) is 0. The van der Waals surface area contributed by atoms with Gasteiger partial charge >= 0.3 is 0 Å². The zero-order valence-electron chi connectivity index (χ0n) is 17.3. The summed E-state index contributed by atoms with van der Waals surface area (Å²) in [6, 6.07) is 19.0. The third kappa shape index (κ3) is 3.85. The Labute approximate surface area is 187 Å². The van der Waals surface area contributed by atoms with Crippen molar-refractivity contribution in [1.82, 2.24) is 19.7 Å². The van der Waals surface area contributed by atoms with Crippen LogP contribution in [-0.2, 0) is 17.9 Å². The molecule has 33 heavy (non-hydrogen) atoms. The smallest absolute Gasteiger partial charge is 0.212 e. The lowest BCUT2D eigenvalue weighted by molar-refractivity contribution is -0.105. The molecule has 3 heterocycles. The first-order chi connectivity index (χ1) is 16.2. The molecule has 0 bridgehead atoms. The molecule has 2 N–H and O–H groups in total. The number of nitrogens with zero attached hydrogens (tertiary/aromatic N) is 4. The van der Waals surface area contributed by atoms with Crippen LogP contribution in [-0.4, -0.2) is 31.3 Å². The Morgan fingerprint density at radius 1 is 1.03 bits per heavy atom. The molecule has 0 saturated carbocycles. The maximum atomic E-state index is 14.4. The van der Waals surface area contributed by atoms with Crippen molar-refractivity contribution >= 4 is 23.3 Å². The van der Waals surface area contributed by atoms with Gasteiger partial charge in [-0.15, -0.1) is 0 Å². The van der Waals surface area contributed by atoms with Crippen molar-refractivity contribution in [1.29, 1.82) is 0 Å². The molecule has 0 saturated heterocycles. The molecule has 164 valence electrons. The summed E-state index contributed by atoms with van der Waals surface area (Å²) in [5.41, 5.74) is 1.93. The fourth-order valence-corrected chi connectivity index (χ4v) is 3.61. The number of aliphatic hydroxyl groups is 1. The van der Waals surface area contributed by atoms with Gasteiger partial charge in [0.15, 0.2) is 17.2 Å². The van der Waals surface area contributed by atoms with Crippen LogP contribution in [0, 0.1) is 5.82 Å². The standard InChI is InChI=1S/C24H18FN5O3/c25-18-9-5-4-8-16(18)12-30-24-20(21(29-30)19-11-10-17(13-31)33-19)23(26-14-32)27-22(28-24)15-6-2-1-3-7-15/h1-11,14,31H,12-13H2,(H,26,27,28,32). The van der Waals surface area contributed by atoms with Gasteiger partial charge in [-0.05, 0) is 18.2 Å². The molecule has 0 aliphatic carbocycles. The minimum absolute atomic E-state index is 0.0997. The van der Waals surface area contributed by atoms with E-state index in [0.29, 0.717) is 46.0 Å². The first kappa shape index (κ1) is 20.5. The summed E-state index contributed by atoms with van der Waals surface area (Å²) in [5.74, 6) is 0.969. The molecule has 0 atom stereocenters. The Balaban J connectivity index is 1.77. The van der Waals surface area contributed by atoms with Crippen LogP contribution in [0.4, 0.5) is 10.2 Å². The molecule has 8 nitrogen and oxygen atoms in total. The van der Waals surface area contributed by atoms with E-state index in [0.717, 1.165) is 5.56 Å². The quantitative estimate of drug-likeness (QED) is 0.368. The number of rotatable bonds is 7. The molecule has 0 spiro atoms. The van der Waals surface area contributed by atoms with Gasteiger partial charge in [-0.1, -0.05) is 48.5 Å². The van der Waals surface area contributed by atoms with Gasteiger partial charge in [-0.25, -0.2) is 19.0 Å². The molecule has 5 rings (SSSR count). The SMILES string of the molecule is O=CNc1nc(-c2ccccc2)nc2c1c(-c1ccc(CO)o1)nn2Cc1ccccc1F. The summed E-state index contributed by atoms with van der Waals surface area (Å²) in [4.78, 5) is 20.6. The molecular formula is C24H18FN5O3. The second-order valence-electron chi connectivity index (χ2n) is 7.24. The van der Waals surface area contributed by atoms with Gasteiger partial charge in [0, 0.05) is 11.1 Å². The van der Waals surface area contributed by atoms with Crippen LogP contribution in [0.2, 0.25) is 0 Å². The summed E-state index contributed by atoms with van der Waals surface area (Å²) >= 11 is 0. The predicted molar refractivity (Wildman–Crippen MR) is 120 cm³/mol. The molecule has 5 aromatic rings. The van der Waals surface area contributed by atoms with Crippen molar-refractivity contribution in [2.75, 3.05) is 5.32 Å². The van der Waals surface area contributed by atoms with E-state index in [4.69, 9.17) is 9.40 Å². The van der Waals surface area contributed by atoms with Gasteiger partial charge in [0.1, 0.15) is 29.7 Å². The zero-order valence-corrected chi connectivity index (χ0v) is 17.3. The average Bonchev–Trinajstić information content (AvgIpc) is 3.46. The summed E-state index contributed by atoms with van der Waals surface area (Å²) in [6.45, 7) is -0.176. The maximum Gasteiger partial charge on any atom is 0.212 e. The van der Waals surface area contributed by atoms with Crippen molar-refractivity contribution in [3.05, 3.63) is 83.9 Å². The first-order valence-corrected chi connectivity index (χ1v) is 10.2. The van der Waals surface area contributed by atoms with E-state index in [1.54, 1.807) is 35.0 Å². The van der Waals surface area contributed by atoms with Gasteiger partial charge in [0.2, 0.25) is 6.41 Å². The summed E-state index contributed by atoms with van der Waals surface area (Å²) in [5, 5.41) is 17.1. The second kappa shape index (κ2) is 8.64. The number of benzene rings is 2. The Kier molecular flexibility index (Phi) is 5.37. The van der Waals surface area contributed by atoms with Gasteiger partial charge in [0.25, 0.3) is 0 Å². The zero-order chi connectivity index (χ0) is 22.8. The minimum Gasteiger partial charge on any atom is -0.457 e. The first-order valence-electron chi connectivity index (χ1n) is 10.2. The number of aliphatic hydroxyl groups excluding tert-OH is 1. The van der Waals surface area contributed by atoms with E-state index in [1.807, 2.05) is 30.3 Å². The van der Waals surface area contributed by atoms with Crippen LogP contribution in [0.1, 0.15) is 11.3 Å². The molecule has 0 aliphatic heterocycles. The molecule has 1 amide bonds. The van der Waals surface area contributed by atoms with Crippen molar-refractivity contribution in [2.45, 2.75) is 13.2 Å². The van der Waals surface area contributed by atoms with Crippen LogP contribution in [0.25, 0.3) is 33.9 Å². The lowest BCUT2D eigenvalue weighted by atomic mass is 10.2. The van der Waals surface area contributed by atoms with Crippen LogP contribution in [0.15, 0.2) is 71.1 Å². The lowest BCUT2D eigenvalue weighted by Gasteiger charge is -2.08. The van der Waals surface area contributed by atoms with Crippen LogP contribution in [0.3, 0.4) is 0 Å². The van der Waals surface area contributed by atoms with E-state index in [9.17, 15) is 14.3 Å². The van der Waals surface area contributed by atoms with Gasteiger partial charge in [-0.3, -0.25) is 4.79 Å². The highest BCUT2D eigenvalue weighted by Crippen LogP contribution is 2.34. The van der Waals surface area contributed by atoms with Crippen LogP contribution in [0.5, 0.6) is 0 Å². The van der Waals surface area contributed by atoms with E-state index in [1.165, 1.54) is 6.07 Å². The number of fused-ring (bicyclic) bond motifs is 1. The van der Waals surface area contributed by atoms with Crippen LogP contribution >= 0.6 is 0 Å². The molecule has 2 aromatic carbocycles. The number of nitrogens with one attached hydrogen (secondary N) is 1. The Bertz CT molecular complexity index is 1450. The monoisotopic (exact) mass is 443 g/mol. The van der Waals surface area contributed by atoms with Crippen molar-refractivity contribution in [2.24, 2.45) is 0 Å². The molecule has 0 unspecified atom stereocenters. The van der Waals surface area contributed by atoms with Crippen molar-refractivity contribution in [3.8, 4) is 22.8 Å². The maximum absolute atomic E-state index is 14.4. The lowest BCUT2D eigenvalue weighted by Crippen LogP contribution is -2.06. The number of halogens is 1. The van der Waals surface area contributed by atoms with E-state index < -0.39 is 0 Å². The van der Waals surface area contributed by atoms with E-state index >= 15 is 0 Å². The molecule has 0 radical (unpaired) electrons. The molecule has 0 fully saturated rings. The molecule has 9 heteroatoms. The number of carbonyl (C=O) groups excluding carboxylic acids is 1. The van der Waals surface area contributed by atoms with Gasteiger partial charge in [-0.2, -0.15) is 5.10 Å².